The smallest absolute Gasteiger partial charge is 0.263 e. The van der Waals surface area contributed by atoms with Crippen molar-refractivity contribution in [1.82, 2.24) is 4.98 Å². The molecule has 0 radical (unpaired) electrons. The quantitative estimate of drug-likeness (QED) is 0.891. The Kier molecular flexibility index (Phi) is 3.77. The van der Waals surface area contributed by atoms with Crippen LogP contribution in [-0.2, 0) is 16.6 Å². The third kappa shape index (κ3) is 3.27. The zero-order chi connectivity index (χ0) is 13.9. The Morgan fingerprint density at radius 2 is 2.05 bits per heavy atom. The van der Waals surface area contributed by atoms with Gasteiger partial charge in [0.05, 0.1) is 12.8 Å². The molecule has 100 valence electrons. The largest absolute Gasteiger partial charge is 0.392 e. The Hall–Kier alpha value is -1.99. The number of sulfonamides is 1. The van der Waals surface area contributed by atoms with E-state index < -0.39 is 15.8 Å². The number of aliphatic hydroxyl groups excluding tert-OH is 1. The average Bonchev–Trinajstić information content (AvgIpc) is 2.38. The van der Waals surface area contributed by atoms with Crippen molar-refractivity contribution in [3.05, 3.63) is 54.1 Å². The van der Waals surface area contributed by atoms with Crippen molar-refractivity contribution in [3.63, 3.8) is 0 Å². The molecule has 0 aliphatic rings. The first-order chi connectivity index (χ1) is 9.01. The van der Waals surface area contributed by atoms with Crippen LogP contribution in [0.15, 0.2) is 47.6 Å². The van der Waals surface area contributed by atoms with Crippen molar-refractivity contribution in [2.45, 2.75) is 11.5 Å². The topological polar surface area (TPSA) is 79.3 Å². The summed E-state index contributed by atoms with van der Waals surface area (Å²) in [7, 11) is -3.89. The minimum Gasteiger partial charge on any atom is -0.392 e. The normalized spacial score (nSPS) is 11.3. The van der Waals surface area contributed by atoms with Crippen LogP contribution in [0.3, 0.4) is 0 Å². The first-order valence-corrected chi connectivity index (χ1v) is 6.83. The third-order valence-electron chi connectivity index (χ3n) is 2.35. The highest BCUT2D eigenvalue weighted by Crippen LogP contribution is 2.17. The molecule has 0 unspecified atom stereocenters. The highest BCUT2D eigenvalue weighted by molar-refractivity contribution is 7.92. The maximum absolute atomic E-state index is 13.0. The molecule has 0 saturated heterocycles. The van der Waals surface area contributed by atoms with E-state index >= 15 is 0 Å². The van der Waals surface area contributed by atoms with Crippen molar-refractivity contribution in [2.24, 2.45) is 0 Å². The van der Waals surface area contributed by atoms with Crippen LogP contribution in [0.25, 0.3) is 0 Å². The van der Waals surface area contributed by atoms with E-state index in [0.29, 0.717) is 5.56 Å². The van der Waals surface area contributed by atoms with Gasteiger partial charge in [-0.15, -0.1) is 0 Å². The number of hydrogen-bond donors (Lipinski definition) is 2. The van der Waals surface area contributed by atoms with Crippen LogP contribution in [0, 0.1) is 5.82 Å². The summed E-state index contributed by atoms with van der Waals surface area (Å²) in [6.45, 7) is -0.197. The molecule has 0 bridgehead atoms. The number of nitrogens with zero attached hydrogens (tertiary/aromatic N) is 1. The highest BCUT2D eigenvalue weighted by atomic mass is 32.2. The molecule has 2 rings (SSSR count). The van der Waals surface area contributed by atoms with Gasteiger partial charge in [-0.1, -0.05) is 12.1 Å². The summed E-state index contributed by atoms with van der Waals surface area (Å²) in [5.74, 6) is -0.730. The number of hydrogen-bond acceptors (Lipinski definition) is 4. The van der Waals surface area contributed by atoms with Gasteiger partial charge in [-0.2, -0.15) is 0 Å². The lowest BCUT2D eigenvalue weighted by atomic mass is 10.2. The number of nitrogens with one attached hydrogen (secondary N) is 1. The molecule has 7 heteroatoms. The van der Waals surface area contributed by atoms with Crippen molar-refractivity contribution in [3.8, 4) is 0 Å². The first-order valence-electron chi connectivity index (χ1n) is 5.34. The zero-order valence-electron chi connectivity index (χ0n) is 9.75. The second-order valence-corrected chi connectivity index (χ2v) is 5.49. The fraction of sp³-hybridized carbons (Fsp3) is 0.0833. The predicted octanol–water partition coefficient (Wildman–Crippen LogP) is 1.51. The Morgan fingerprint density at radius 3 is 2.74 bits per heavy atom. The average molecular weight is 282 g/mol. The molecule has 1 heterocycles. The van der Waals surface area contributed by atoms with Crippen molar-refractivity contribution < 1.29 is 17.9 Å². The van der Waals surface area contributed by atoms with Crippen molar-refractivity contribution in [1.29, 1.82) is 0 Å². The summed E-state index contributed by atoms with van der Waals surface area (Å²) >= 11 is 0. The summed E-state index contributed by atoms with van der Waals surface area (Å²) in [6.07, 6.45) is 1.98. The molecule has 2 aromatic rings. The first kappa shape index (κ1) is 13.4. The van der Waals surface area contributed by atoms with Crippen LogP contribution in [0.1, 0.15) is 5.56 Å². The summed E-state index contributed by atoms with van der Waals surface area (Å²) in [5.41, 5.74) is 0.855. The SMILES string of the molecule is O=S(=O)(Nc1cccc(CO)c1)c1cncc(F)c1. The van der Waals surface area contributed by atoms with Gasteiger partial charge in [-0.25, -0.2) is 12.8 Å². The Bertz CT molecular complexity index is 689. The molecule has 0 aliphatic heterocycles. The minimum absolute atomic E-state index is 0.197. The van der Waals surface area contributed by atoms with E-state index in [2.05, 4.69) is 9.71 Å². The molecule has 2 N–H and O–H groups in total. The van der Waals surface area contributed by atoms with Gasteiger partial charge < -0.3 is 5.11 Å². The highest BCUT2D eigenvalue weighted by Gasteiger charge is 2.15. The number of rotatable bonds is 4. The minimum atomic E-state index is -3.89. The van der Waals surface area contributed by atoms with Gasteiger partial charge in [-0.05, 0) is 23.8 Å². The third-order valence-corrected chi connectivity index (χ3v) is 3.70. The number of anilines is 1. The van der Waals surface area contributed by atoms with E-state index in [-0.39, 0.29) is 17.2 Å². The van der Waals surface area contributed by atoms with Crippen LogP contribution < -0.4 is 4.72 Å². The summed E-state index contributed by atoms with van der Waals surface area (Å²) in [6, 6.07) is 7.16. The molecule has 0 fully saturated rings. The Labute approximate surface area is 109 Å². The molecule has 5 nitrogen and oxygen atoms in total. The fourth-order valence-corrected chi connectivity index (χ4v) is 2.51. The van der Waals surface area contributed by atoms with Gasteiger partial charge in [0, 0.05) is 11.9 Å². The number of pyridine rings is 1. The van der Waals surface area contributed by atoms with E-state index in [0.717, 1.165) is 18.5 Å². The van der Waals surface area contributed by atoms with Crippen LogP contribution in [0.4, 0.5) is 10.1 Å². The van der Waals surface area contributed by atoms with E-state index in [1.54, 1.807) is 12.1 Å². The Balaban J connectivity index is 2.31. The lowest BCUT2D eigenvalue weighted by Gasteiger charge is -2.08. The second kappa shape index (κ2) is 5.33. The lowest BCUT2D eigenvalue weighted by molar-refractivity contribution is 0.282. The summed E-state index contributed by atoms with van der Waals surface area (Å²) < 4.78 is 39.2. The van der Waals surface area contributed by atoms with Crippen LogP contribution in [0.2, 0.25) is 0 Å². The maximum atomic E-state index is 13.0. The lowest BCUT2D eigenvalue weighted by Crippen LogP contribution is -2.13. The van der Waals surface area contributed by atoms with E-state index in [1.165, 1.54) is 12.1 Å². The number of aromatic nitrogens is 1. The molecule has 0 amide bonds. The summed E-state index contributed by atoms with van der Waals surface area (Å²) in [4.78, 5) is 3.23. The molecular formula is C12H11FN2O3S. The van der Waals surface area contributed by atoms with Gasteiger partial charge in [0.25, 0.3) is 10.0 Å². The number of aliphatic hydroxyl groups is 1. The molecule has 0 spiro atoms. The molecule has 0 saturated carbocycles. The molecule has 0 aliphatic carbocycles. The Morgan fingerprint density at radius 1 is 1.26 bits per heavy atom. The molecule has 1 aromatic heterocycles. The van der Waals surface area contributed by atoms with Crippen LogP contribution in [-0.4, -0.2) is 18.5 Å². The molecular weight excluding hydrogens is 271 g/mol. The predicted molar refractivity (Wildman–Crippen MR) is 67.4 cm³/mol. The molecule has 0 atom stereocenters. The van der Waals surface area contributed by atoms with Crippen molar-refractivity contribution in [2.75, 3.05) is 4.72 Å². The van der Waals surface area contributed by atoms with Gasteiger partial charge >= 0.3 is 0 Å². The number of halogens is 1. The van der Waals surface area contributed by atoms with Crippen LogP contribution >= 0.6 is 0 Å². The number of benzene rings is 1. The van der Waals surface area contributed by atoms with Gasteiger partial charge in [0.15, 0.2) is 0 Å². The standard InChI is InChI=1S/C12H11FN2O3S/c13-10-5-12(7-14-6-10)19(17,18)15-11-3-1-2-9(4-11)8-16/h1-7,15-16H,8H2. The second-order valence-electron chi connectivity index (χ2n) is 3.80. The van der Waals surface area contributed by atoms with Gasteiger partial charge in [-0.3, -0.25) is 9.71 Å². The zero-order valence-corrected chi connectivity index (χ0v) is 10.6. The van der Waals surface area contributed by atoms with Crippen molar-refractivity contribution >= 4 is 15.7 Å². The maximum Gasteiger partial charge on any atom is 0.263 e. The monoisotopic (exact) mass is 282 g/mol. The molecule has 19 heavy (non-hydrogen) atoms. The van der Waals surface area contributed by atoms with Gasteiger partial charge in [0.1, 0.15) is 10.7 Å². The van der Waals surface area contributed by atoms with E-state index in [9.17, 15) is 12.8 Å². The van der Waals surface area contributed by atoms with Crippen LogP contribution in [0.5, 0.6) is 0 Å². The molecule has 1 aromatic carbocycles. The fourth-order valence-electron chi connectivity index (χ4n) is 1.49. The van der Waals surface area contributed by atoms with E-state index in [1.807, 2.05) is 0 Å². The van der Waals surface area contributed by atoms with Gasteiger partial charge in [0.2, 0.25) is 0 Å². The summed E-state index contributed by atoms with van der Waals surface area (Å²) in [5, 5.41) is 8.98. The van der Waals surface area contributed by atoms with E-state index in [4.69, 9.17) is 5.11 Å².